The first-order chi connectivity index (χ1) is 17.7. The minimum Gasteiger partial charge on any atom is -0.501 e. The van der Waals surface area contributed by atoms with E-state index in [1.807, 2.05) is 0 Å². The summed E-state index contributed by atoms with van der Waals surface area (Å²) in [5, 5.41) is 20.1. The number of carbonyl (C=O) groups excluding carboxylic acids is 3. The van der Waals surface area contributed by atoms with Crippen LogP contribution in [0.5, 0.6) is 5.75 Å². The molecular weight excluding hydrogens is 483 g/mol. The molecule has 12 heteroatoms. The van der Waals surface area contributed by atoms with Crippen molar-refractivity contribution < 1.29 is 23.9 Å². The number of benzene rings is 1. The number of aromatic hydroxyl groups is 1. The number of hydrazone groups is 1. The van der Waals surface area contributed by atoms with E-state index in [9.17, 15) is 28.7 Å². The van der Waals surface area contributed by atoms with Crippen LogP contribution < -0.4 is 21.6 Å². The van der Waals surface area contributed by atoms with E-state index in [2.05, 4.69) is 26.1 Å². The lowest BCUT2D eigenvalue weighted by atomic mass is 9.77. The second-order valence-corrected chi connectivity index (χ2v) is 9.89. The van der Waals surface area contributed by atoms with Gasteiger partial charge in [0.1, 0.15) is 17.4 Å². The molecule has 1 aromatic carbocycles. The molecule has 4 heterocycles. The third kappa shape index (κ3) is 4.58. The van der Waals surface area contributed by atoms with Crippen molar-refractivity contribution in [1.29, 1.82) is 0 Å². The van der Waals surface area contributed by atoms with Gasteiger partial charge >= 0.3 is 0 Å². The summed E-state index contributed by atoms with van der Waals surface area (Å²) in [5.41, 5.74) is 1.32. The van der Waals surface area contributed by atoms with Crippen molar-refractivity contribution in [1.82, 2.24) is 25.6 Å². The Morgan fingerprint density at radius 2 is 1.97 bits per heavy atom. The van der Waals surface area contributed by atoms with Crippen LogP contribution in [0.15, 0.2) is 28.1 Å². The Bertz CT molecular complexity index is 1390. The van der Waals surface area contributed by atoms with Crippen molar-refractivity contribution in [3.63, 3.8) is 0 Å². The van der Waals surface area contributed by atoms with Crippen LogP contribution in [-0.4, -0.2) is 38.1 Å². The summed E-state index contributed by atoms with van der Waals surface area (Å²) in [5.74, 6) is -2.27. The number of halogens is 1. The van der Waals surface area contributed by atoms with E-state index in [0.29, 0.717) is 30.5 Å². The summed E-state index contributed by atoms with van der Waals surface area (Å²) in [6.07, 6.45) is 2.76. The summed E-state index contributed by atoms with van der Waals surface area (Å²) in [6, 6.07) is 4.42. The molecule has 0 unspecified atom stereocenters. The average Bonchev–Trinajstić information content (AvgIpc) is 3.13. The Labute approximate surface area is 211 Å². The number of fused-ring (bicyclic) bond motifs is 2. The number of hydrogen-bond acceptors (Lipinski definition) is 7. The smallest absolute Gasteiger partial charge is 0.296 e. The fourth-order valence-corrected chi connectivity index (χ4v) is 5.26. The molecule has 37 heavy (non-hydrogen) atoms. The predicted molar refractivity (Wildman–Crippen MR) is 129 cm³/mol. The van der Waals surface area contributed by atoms with Gasteiger partial charge in [-0.25, -0.2) is 14.8 Å². The van der Waals surface area contributed by atoms with Crippen molar-refractivity contribution >= 4 is 23.4 Å². The van der Waals surface area contributed by atoms with E-state index in [0.717, 1.165) is 12.8 Å². The normalized spacial score (nSPS) is 22.4. The van der Waals surface area contributed by atoms with E-state index in [4.69, 9.17) is 0 Å². The van der Waals surface area contributed by atoms with Gasteiger partial charge in [-0.15, -0.1) is 0 Å². The van der Waals surface area contributed by atoms with Gasteiger partial charge < -0.3 is 15.7 Å². The zero-order valence-electron chi connectivity index (χ0n) is 20.3. The van der Waals surface area contributed by atoms with E-state index in [-0.39, 0.29) is 48.6 Å². The Morgan fingerprint density at radius 3 is 2.65 bits per heavy atom. The Hall–Kier alpha value is -4.09. The summed E-state index contributed by atoms with van der Waals surface area (Å²) < 4.78 is 14.9. The van der Waals surface area contributed by atoms with E-state index in [1.54, 1.807) is 13.0 Å². The maximum Gasteiger partial charge on any atom is 0.296 e. The molecule has 6 rings (SSSR count). The van der Waals surface area contributed by atoms with E-state index in [1.165, 1.54) is 16.7 Å². The number of rotatable bonds is 5. The predicted octanol–water partition coefficient (Wildman–Crippen LogP) is 1.11. The minimum atomic E-state index is -1.04. The number of hydrogen-bond donors (Lipinski definition) is 4. The van der Waals surface area contributed by atoms with Crippen LogP contribution in [0, 0.1) is 18.7 Å². The molecule has 3 aliphatic heterocycles. The molecule has 2 bridgehead atoms. The Kier molecular flexibility index (Phi) is 6.26. The topological polar surface area (TPSA) is 155 Å². The highest BCUT2D eigenvalue weighted by Crippen LogP contribution is 2.43. The SMILES string of the molecule is Cc1cc(CNC(=O)c2nc3n(c(=O)c2O)CC2CCC3(NC(=O)C3=NNC(=O)CC3)CC2)ccc1F. The summed E-state index contributed by atoms with van der Waals surface area (Å²) >= 11 is 0. The first kappa shape index (κ1) is 24.6. The monoisotopic (exact) mass is 510 g/mol. The van der Waals surface area contributed by atoms with Crippen LogP contribution in [0.1, 0.15) is 66.0 Å². The lowest BCUT2D eigenvalue weighted by Crippen LogP contribution is -2.52. The molecule has 1 fully saturated rings. The van der Waals surface area contributed by atoms with Crippen molar-refractivity contribution in [2.24, 2.45) is 11.0 Å². The van der Waals surface area contributed by atoms with Crippen LogP contribution in [-0.2, 0) is 28.2 Å². The number of amides is 3. The van der Waals surface area contributed by atoms with Crippen LogP contribution in [0.25, 0.3) is 0 Å². The molecule has 1 saturated carbocycles. The summed E-state index contributed by atoms with van der Waals surface area (Å²) in [4.78, 5) is 55.2. The van der Waals surface area contributed by atoms with Gasteiger partial charge in [-0.2, -0.15) is 5.10 Å². The third-order valence-corrected chi connectivity index (χ3v) is 7.38. The highest BCUT2D eigenvalue weighted by atomic mass is 19.1. The third-order valence-electron chi connectivity index (χ3n) is 7.38. The molecule has 0 spiro atoms. The van der Waals surface area contributed by atoms with Gasteiger partial charge in [0.05, 0.1) is 5.54 Å². The average molecular weight is 511 g/mol. The Balaban J connectivity index is 1.47. The highest BCUT2D eigenvalue weighted by molar-refractivity contribution is 6.39. The Morgan fingerprint density at radius 1 is 1.22 bits per heavy atom. The highest BCUT2D eigenvalue weighted by Gasteiger charge is 2.46. The van der Waals surface area contributed by atoms with Crippen LogP contribution in [0.3, 0.4) is 0 Å². The maximum atomic E-state index is 13.6. The number of carbonyl (C=O) groups is 3. The molecule has 194 valence electrons. The largest absolute Gasteiger partial charge is 0.501 e. The van der Waals surface area contributed by atoms with Crippen molar-refractivity contribution in [3.05, 3.63) is 57.0 Å². The first-order valence-electron chi connectivity index (χ1n) is 12.2. The molecule has 1 aromatic heterocycles. The summed E-state index contributed by atoms with van der Waals surface area (Å²) in [6.45, 7) is 1.96. The van der Waals surface area contributed by atoms with Crippen molar-refractivity contribution in [3.8, 4) is 5.75 Å². The number of aryl methyl sites for hydroxylation is 1. The molecule has 11 nitrogen and oxygen atoms in total. The van der Waals surface area contributed by atoms with Gasteiger partial charge in [0, 0.05) is 25.9 Å². The number of nitrogens with zero attached hydrogens (tertiary/aromatic N) is 3. The first-order valence-corrected chi connectivity index (χ1v) is 12.2. The van der Waals surface area contributed by atoms with Gasteiger partial charge in [-0.1, -0.05) is 12.1 Å². The quantitative estimate of drug-likeness (QED) is 0.472. The van der Waals surface area contributed by atoms with Crippen LogP contribution in [0.4, 0.5) is 4.39 Å². The fourth-order valence-electron chi connectivity index (χ4n) is 5.26. The molecule has 1 aliphatic carbocycles. The fraction of sp³-hybridized carbons (Fsp3) is 0.440. The van der Waals surface area contributed by atoms with Crippen LogP contribution >= 0.6 is 0 Å². The van der Waals surface area contributed by atoms with Gasteiger partial charge in [-0.05, 0) is 55.7 Å². The van der Waals surface area contributed by atoms with Crippen molar-refractivity contribution in [2.45, 2.75) is 64.1 Å². The van der Waals surface area contributed by atoms with Crippen molar-refractivity contribution in [2.75, 3.05) is 0 Å². The van der Waals surface area contributed by atoms with Crippen LogP contribution in [0.2, 0.25) is 0 Å². The van der Waals surface area contributed by atoms with Gasteiger partial charge in [-0.3, -0.25) is 23.7 Å². The maximum absolute atomic E-state index is 13.6. The van der Waals surface area contributed by atoms with Gasteiger partial charge in [0.25, 0.3) is 17.4 Å². The molecule has 0 saturated heterocycles. The zero-order chi connectivity index (χ0) is 26.3. The molecule has 2 aromatic rings. The van der Waals surface area contributed by atoms with Gasteiger partial charge in [0.15, 0.2) is 5.69 Å². The lowest BCUT2D eigenvalue weighted by Gasteiger charge is -2.37. The molecule has 0 atom stereocenters. The van der Waals surface area contributed by atoms with E-state index >= 15 is 0 Å². The van der Waals surface area contributed by atoms with Gasteiger partial charge in [0.2, 0.25) is 11.7 Å². The standard InChI is InChI=1S/C25H27FN6O5/c1-13-10-15(2-3-16(13)26)11-27-22(36)19-20(34)23(37)32-12-14-6-8-25(9-7-14,24(32)28-19)29-21(35)17-4-5-18(33)31-30-17/h2-3,10,14,34H,4-9,11-12H2,1H3,(H,27,36)(H,29,35)(H,31,33). The summed E-state index contributed by atoms with van der Waals surface area (Å²) in [7, 11) is 0. The number of nitrogens with one attached hydrogen (secondary N) is 3. The zero-order valence-corrected chi connectivity index (χ0v) is 20.3. The molecular formula is C25H27FN6O5. The second-order valence-electron chi connectivity index (χ2n) is 9.89. The minimum absolute atomic E-state index is 0.0367. The number of aromatic nitrogens is 2. The molecule has 4 aliphatic rings. The second kappa shape index (κ2) is 9.41. The lowest BCUT2D eigenvalue weighted by molar-refractivity contribution is -0.121. The van der Waals surface area contributed by atoms with E-state index < -0.39 is 34.4 Å². The molecule has 4 N–H and O–H groups in total. The molecule has 0 radical (unpaired) electrons. The molecule has 3 amide bonds.